The quantitative estimate of drug-likeness (QED) is 0.586. The van der Waals surface area contributed by atoms with E-state index in [1.807, 2.05) is 13.8 Å². The maximum Gasteiger partial charge on any atom is 0.305 e. The number of hydrogen-bond donors (Lipinski definition) is 3. The Bertz CT molecular complexity index is 295. The predicted molar refractivity (Wildman–Crippen MR) is 72.1 cm³/mol. The molecule has 20 heavy (non-hydrogen) atoms. The van der Waals surface area contributed by atoms with Crippen molar-refractivity contribution >= 4 is 5.97 Å². The Hall–Kier alpha value is -0.690. The van der Waals surface area contributed by atoms with E-state index >= 15 is 0 Å². The van der Waals surface area contributed by atoms with E-state index in [1.165, 1.54) is 0 Å². The van der Waals surface area contributed by atoms with Crippen LogP contribution in [0.1, 0.15) is 46.0 Å². The lowest BCUT2D eigenvalue weighted by Crippen LogP contribution is -2.58. The molecule has 1 aliphatic heterocycles. The Labute approximate surface area is 119 Å². The molecule has 3 N–H and O–H groups in total. The fourth-order valence-corrected chi connectivity index (χ4v) is 2.26. The van der Waals surface area contributed by atoms with Crippen LogP contribution in [0.25, 0.3) is 0 Å². The lowest BCUT2D eigenvalue weighted by Gasteiger charge is -2.40. The predicted octanol–water partition coefficient (Wildman–Crippen LogP) is 0.370. The third kappa shape index (κ3) is 4.70. The Balaban J connectivity index is 2.48. The molecule has 0 aromatic carbocycles. The summed E-state index contributed by atoms with van der Waals surface area (Å²) in [6.07, 6.45) is -1.63. The lowest BCUT2D eigenvalue weighted by molar-refractivity contribution is -0.233. The van der Waals surface area contributed by atoms with E-state index in [1.54, 1.807) is 0 Å². The van der Waals surface area contributed by atoms with Gasteiger partial charge in [0.05, 0.1) is 6.10 Å². The monoisotopic (exact) mass is 290 g/mol. The Morgan fingerprint density at radius 2 is 1.70 bits per heavy atom. The molecular weight excluding hydrogens is 264 g/mol. The number of aliphatic hydroxyl groups excluding tert-OH is 3. The number of ether oxygens (including phenoxy) is 2. The topological polar surface area (TPSA) is 96.2 Å². The summed E-state index contributed by atoms with van der Waals surface area (Å²) in [6.45, 7) is 3.81. The average molecular weight is 290 g/mol. The van der Waals surface area contributed by atoms with Crippen LogP contribution in [0.15, 0.2) is 0 Å². The largest absolute Gasteiger partial charge is 0.463 e. The van der Waals surface area contributed by atoms with Gasteiger partial charge in [0.2, 0.25) is 0 Å². The van der Waals surface area contributed by atoms with E-state index in [9.17, 15) is 20.1 Å². The fraction of sp³-hybridized carbons (Fsp3) is 0.929. The Morgan fingerprint density at radius 1 is 1.05 bits per heavy atom. The zero-order valence-electron chi connectivity index (χ0n) is 12.2. The van der Waals surface area contributed by atoms with Crippen LogP contribution in [-0.4, -0.2) is 58.4 Å². The van der Waals surface area contributed by atoms with E-state index in [4.69, 9.17) is 9.47 Å². The molecule has 0 radical (unpaired) electrons. The second-order valence-electron chi connectivity index (χ2n) is 5.26. The smallest absolute Gasteiger partial charge is 0.305 e. The summed E-state index contributed by atoms with van der Waals surface area (Å²) in [5, 5.41) is 29.5. The van der Waals surface area contributed by atoms with Crippen molar-refractivity contribution in [3.63, 3.8) is 0 Å². The van der Waals surface area contributed by atoms with E-state index < -0.39 is 30.5 Å². The van der Waals surface area contributed by atoms with E-state index in [0.29, 0.717) is 12.8 Å². The summed E-state index contributed by atoms with van der Waals surface area (Å²) < 4.78 is 10.6. The molecule has 0 bridgehead atoms. The van der Waals surface area contributed by atoms with Gasteiger partial charge in [-0.2, -0.15) is 0 Å². The second kappa shape index (κ2) is 8.56. The van der Waals surface area contributed by atoms with Crippen LogP contribution in [0.5, 0.6) is 0 Å². The van der Waals surface area contributed by atoms with Crippen LogP contribution < -0.4 is 0 Å². The van der Waals surface area contributed by atoms with Crippen LogP contribution in [0.3, 0.4) is 0 Å². The number of rotatable bonds is 7. The molecule has 0 spiro atoms. The lowest BCUT2D eigenvalue weighted by atomic mass is 9.93. The number of unbranched alkanes of at least 4 members (excludes halogenated alkanes) is 1. The zero-order chi connectivity index (χ0) is 15.1. The summed E-state index contributed by atoms with van der Waals surface area (Å²) in [5.74, 6) is -0.338. The Morgan fingerprint density at radius 3 is 2.30 bits per heavy atom. The maximum atomic E-state index is 11.4. The molecule has 0 saturated carbocycles. The van der Waals surface area contributed by atoms with Crippen molar-refractivity contribution in [1.82, 2.24) is 0 Å². The van der Waals surface area contributed by atoms with Gasteiger partial charge in [0.25, 0.3) is 0 Å². The molecule has 0 aromatic rings. The number of hydrogen-bond acceptors (Lipinski definition) is 6. The van der Waals surface area contributed by atoms with Gasteiger partial charge in [0.15, 0.2) is 0 Å². The summed E-state index contributed by atoms with van der Waals surface area (Å²) >= 11 is 0. The maximum absolute atomic E-state index is 11.4. The van der Waals surface area contributed by atoms with Crippen molar-refractivity contribution in [3.05, 3.63) is 0 Å². The number of esters is 1. The van der Waals surface area contributed by atoms with Gasteiger partial charge in [-0.05, 0) is 12.8 Å². The number of carbonyl (C=O) groups is 1. The van der Waals surface area contributed by atoms with Gasteiger partial charge < -0.3 is 24.8 Å². The second-order valence-corrected chi connectivity index (χ2v) is 5.26. The highest BCUT2D eigenvalue weighted by molar-refractivity contribution is 5.69. The zero-order valence-corrected chi connectivity index (χ0v) is 12.2. The van der Waals surface area contributed by atoms with Crippen molar-refractivity contribution in [2.45, 2.75) is 76.5 Å². The van der Waals surface area contributed by atoms with E-state index in [2.05, 4.69) is 0 Å². The fourth-order valence-electron chi connectivity index (χ4n) is 2.26. The van der Waals surface area contributed by atoms with Crippen molar-refractivity contribution in [1.29, 1.82) is 0 Å². The SMILES string of the molecule is CCCCC(=O)OCC1OC(CCC)C(O)C(O)C1O. The standard InChI is InChI=1S/C14H26O6/c1-3-5-7-11(15)19-8-10-13(17)14(18)12(16)9(20-10)6-4-2/h9-10,12-14,16-18H,3-8H2,1-2H3. The first kappa shape index (κ1) is 17.4. The summed E-state index contributed by atoms with van der Waals surface area (Å²) in [5.41, 5.74) is 0. The van der Waals surface area contributed by atoms with Crippen LogP contribution in [0, 0.1) is 0 Å². The third-order valence-corrected chi connectivity index (χ3v) is 3.53. The van der Waals surface area contributed by atoms with Gasteiger partial charge >= 0.3 is 5.97 Å². The first-order valence-electron chi connectivity index (χ1n) is 7.36. The molecular formula is C14H26O6. The molecule has 1 aliphatic rings. The molecule has 1 fully saturated rings. The molecule has 0 aromatic heterocycles. The van der Waals surface area contributed by atoms with Crippen molar-refractivity contribution in [2.24, 2.45) is 0 Å². The highest BCUT2D eigenvalue weighted by Crippen LogP contribution is 2.24. The molecule has 0 aliphatic carbocycles. The van der Waals surface area contributed by atoms with E-state index in [-0.39, 0.29) is 12.6 Å². The summed E-state index contributed by atoms with van der Waals surface area (Å²) in [4.78, 5) is 11.4. The highest BCUT2D eigenvalue weighted by atomic mass is 16.6. The molecule has 1 rings (SSSR count). The van der Waals surface area contributed by atoms with Gasteiger partial charge in [-0.15, -0.1) is 0 Å². The van der Waals surface area contributed by atoms with Gasteiger partial charge in [-0.3, -0.25) is 4.79 Å². The molecule has 6 nitrogen and oxygen atoms in total. The van der Waals surface area contributed by atoms with Crippen LogP contribution >= 0.6 is 0 Å². The Kier molecular flexibility index (Phi) is 7.43. The third-order valence-electron chi connectivity index (χ3n) is 3.53. The molecule has 1 heterocycles. The molecule has 5 atom stereocenters. The highest BCUT2D eigenvalue weighted by Gasteiger charge is 2.43. The number of aliphatic hydroxyl groups is 3. The molecule has 1 saturated heterocycles. The van der Waals surface area contributed by atoms with Gasteiger partial charge in [-0.1, -0.05) is 26.7 Å². The summed E-state index contributed by atoms with van der Waals surface area (Å²) in [7, 11) is 0. The van der Waals surface area contributed by atoms with Crippen LogP contribution in [0.2, 0.25) is 0 Å². The minimum atomic E-state index is -1.28. The molecule has 118 valence electrons. The first-order valence-corrected chi connectivity index (χ1v) is 7.36. The minimum Gasteiger partial charge on any atom is -0.463 e. The van der Waals surface area contributed by atoms with Crippen LogP contribution in [0.4, 0.5) is 0 Å². The van der Waals surface area contributed by atoms with Gasteiger partial charge in [0, 0.05) is 6.42 Å². The normalized spacial score (nSPS) is 34.0. The summed E-state index contributed by atoms with van der Waals surface area (Å²) in [6, 6.07) is 0. The number of carbonyl (C=O) groups excluding carboxylic acids is 1. The minimum absolute atomic E-state index is 0.103. The van der Waals surface area contributed by atoms with E-state index in [0.717, 1.165) is 19.3 Å². The molecule has 6 heteroatoms. The van der Waals surface area contributed by atoms with Crippen molar-refractivity contribution in [2.75, 3.05) is 6.61 Å². The van der Waals surface area contributed by atoms with Crippen molar-refractivity contribution in [3.8, 4) is 0 Å². The van der Waals surface area contributed by atoms with Crippen LogP contribution in [-0.2, 0) is 14.3 Å². The molecule has 0 amide bonds. The van der Waals surface area contributed by atoms with Gasteiger partial charge in [0.1, 0.15) is 31.0 Å². The van der Waals surface area contributed by atoms with Gasteiger partial charge in [-0.25, -0.2) is 0 Å². The molecule has 5 unspecified atom stereocenters. The van der Waals surface area contributed by atoms with Crippen molar-refractivity contribution < 1.29 is 29.6 Å². The first-order chi connectivity index (χ1) is 9.51. The average Bonchev–Trinajstić information content (AvgIpc) is 2.44.